The summed E-state index contributed by atoms with van der Waals surface area (Å²) in [7, 11) is 1.70. The van der Waals surface area contributed by atoms with E-state index in [4.69, 9.17) is 9.47 Å². The Balaban J connectivity index is 2.20. The van der Waals surface area contributed by atoms with E-state index in [1.54, 1.807) is 7.11 Å². The molecule has 2 rings (SSSR count). The number of carbonyl (C=O) groups excluding carboxylic acids is 1. The molecule has 0 saturated carbocycles. The van der Waals surface area contributed by atoms with Crippen LogP contribution in [0.3, 0.4) is 0 Å². The Bertz CT molecular complexity index is 598. The Morgan fingerprint density at radius 2 is 2.11 bits per heavy atom. The zero-order valence-electron chi connectivity index (χ0n) is 18.1. The van der Waals surface area contributed by atoms with Crippen molar-refractivity contribution in [3.8, 4) is 5.75 Å². The normalized spacial score (nSPS) is 17.0. The van der Waals surface area contributed by atoms with Gasteiger partial charge in [-0.25, -0.2) is 0 Å². The van der Waals surface area contributed by atoms with E-state index in [9.17, 15) is 4.79 Å². The first-order valence-corrected chi connectivity index (χ1v) is 10.9. The Morgan fingerprint density at radius 1 is 1.29 bits per heavy atom. The Morgan fingerprint density at radius 3 is 2.75 bits per heavy atom. The number of hydrogen-bond donors (Lipinski definition) is 1. The van der Waals surface area contributed by atoms with Crippen molar-refractivity contribution in [2.45, 2.75) is 71.4 Å². The molecule has 0 aromatic heterocycles. The molecule has 1 amide bonds. The first kappa shape index (κ1) is 22.7. The Labute approximate surface area is 170 Å². The summed E-state index contributed by atoms with van der Waals surface area (Å²) in [6, 6.07) is 6.43. The summed E-state index contributed by atoms with van der Waals surface area (Å²) in [6.45, 7) is 9.59. The molecule has 5 heteroatoms. The molecule has 1 saturated heterocycles. The molecule has 158 valence electrons. The number of ether oxygens (including phenoxy) is 2. The number of methoxy groups -OCH3 is 1. The van der Waals surface area contributed by atoms with Crippen LogP contribution in [0.1, 0.15) is 68.8 Å². The number of nitrogens with one attached hydrogen (secondary N) is 1. The van der Waals surface area contributed by atoms with Gasteiger partial charge in [0.15, 0.2) is 0 Å². The van der Waals surface area contributed by atoms with Crippen molar-refractivity contribution in [1.82, 2.24) is 10.2 Å². The summed E-state index contributed by atoms with van der Waals surface area (Å²) in [5.41, 5.74) is 1.91. The molecule has 1 aromatic carbocycles. The average Bonchev–Trinajstić information content (AvgIpc) is 2.70. The largest absolute Gasteiger partial charge is 0.493 e. The Hall–Kier alpha value is -1.59. The van der Waals surface area contributed by atoms with E-state index in [2.05, 4.69) is 32.2 Å². The average molecular weight is 391 g/mol. The highest BCUT2D eigenvalue weighted by molar-refractivity contribution is 5.95. The molecule has 1 aliphatic rings. The molecule has 1 heterocycles. The SMILES string of the molecule is CCCCc1ccc(C(=O)N(C(C)C)C2CCCNC2)cc1OCCCOC. The van der Waals surface area contributed by atoms with E-state index in [1.807, 2.05) is 17.0 Å². The van der Waals surface area contributed by atoms with Gasteiger partial charge >= 0.3 is 0 Å². The van der Waals surface area contributed by atoms with Crippen molar-refractivity contribution in [1.29, 1.82) is 0 Å². The van der Waals surface area contributed by atoms with Gasteiger partial charge in [-0.2, -0.15) is 0 Å². The van der Waals surface area contributed by atoms with E-state index < -0.39 is 0 Å². The molecule has 1 atom stereocenters. The summed E-state index contributed by atoms with van der Waals surface area (Å²) in [6.07, 6.45) is 6.25. The quantitative estimate of drug-likeness (QED) is 0.579. The minimum atomic E-state index is 0.104. The maximum Gasteiger partial charge on any atom is 0.254 e. The van der Waals surface area contributed by atoms with Crippen LogP contribution >= 0.6 is 0 Å². The smallest absolute Gasteiger partial charge is 0.254 e. The third kappa shape index (κ3) is 6.49. The van der Waals surface area contributed by atoms with Gasteiger partial charge in [-0.3, -0.25) is 4.79 Å². The number of carbonyl (C=O) groups is 1. The lowest BCUT2D eigenvalue weighted by molar-refractivity contribution is 0.0573. The molecular weight excluding hydrogens is 352 g/mol. The molecule has 1 unspecified atom stereocenters. The van der Waals surface area contributed by atoms with E-state index in [0.29, 0.717) is 13.2 Å². The maximum atomic E-state index is 13.4. The predicted octanol–water partition coefficient (Wildman–Crippen LogP) is 4.05. The van der Waals surface area contributed by atoms with Crippen LogP contribution in [0.2, 0.25) is 0 Å². The lowest BCUT2D eigenvalue weighted by Crippen LogP contribution is -2.51. The minimum Gasteiger partial charge on any atom is -0.493 e. The number of nitrogens with zero attached hydrogens (tertiary/aromatic N) is 1. The molecule has 28 heavy (non-hydrogen) atoms. The number of unbranched alkanes of at least 4 members (excludes halogenated alkanes) is 1. The lowest BCUT2D eigenvalue weighted by atomic mass is 10.0. The molecule has 0 spiro atoms. The van der Waals surface area contributed by atoms with Gasteiger partial charge in [-0.15, -0.1) is 0 Å². The van der Waals surface area contributed by atoms with Crippen LogP contribution in [0.25, 0.3) is 0 Å². The minimum absolute atomic E-state index is 0.104. The van der Waals surface area contributed by atoms with Crippen molar-refractivity contribution in [3.63, 3.8) is 0 Å². The second-order valence-corrected chi connectivity index (χ2v) is 7.93. The van der Waals surface area contributed by atoms with Gasteiger partial charge in [0.25, 0.3) is 5.91 Å². The number of rotatable bonds is 11. The third-order valence-corrected chi connectivity index (χ3v) is 5.32. The first-order valence-electron chi connectivity index (χ1n) is 10.9. The van der Waals surface area contributed by atoms with Crippen LogP contribution in [0.4, 0.5) is 0 Å². The van der Waals surface area contributed by atoms with Gasteiger partial charge in [-0.1, -0.05) is 19.4 Å². The molecule has 1 aliphatic heterocycles. The van der Waals surface area contributed by atoms with E-state index in [0.717, 1.165) is 62.9 Å². The van der Waals surface area contributed by atoms with Gasteiger partial charge in [0.05, 0.1) is 6.61 Å². The highest BCUT2D eigenvalue weighted by Gasteiger charge is 2.28. The summed E-state index contributed by atoms with van der Waals surface area (Å²) >= 11 is 0. The van der Waals surface area contributed by atoms with Gasteiger partial charge in [0, 0.05) is 44.3 Å². The maximum absolute atomic E-state index is 13.4. The number of piperidine rings is 1. The number of hydrogen-bond acceptors (Lipinski definition) is 4. The summed E-state index contributed by atoms with van der Waals surface area (Å²) in [5.74, 6) is 0.952. The molecule has 1 N–H and O–H groups in total. The van der Waals surface area contributed by atoms with E-state index in [-0.39, 0.29) is 18.0 Å². The highest BCUT2D eigenvalue weighted by Crippen LogP contribution is 2.25. The lowest BCUT2D eigenvalue weighted by Gasteiger charge is -2.37. The van der Waals surface area contributed by atoms with Gasteiger partial charge in [0.2, 0.25) is 0 Å². The molecule has 0 radical (unpaired) electrons. The molecule has 1 fully saturated rings. The molecule has 0 bridgehead atoms. The fourth-order valence-electron chi connectivity index (χ4n) is 3.82. The van der Waals surface area contributed by atoms with Crippen molar-refractivity contribution >= 4 is 5.91 Å². The van der Waals surface area contributed by atoms with Crippen molar-refractivity contribution in [2.24, 2.45) is 0 Å². The second-order valence-electron chi connectivity index (χ2n) is 7.93. The second kappa shape index (κ2) is 12.1. The van der Waals surface area contributed by atoms with Crippen LogP contribution in [0.5, 0.6) is 5.75 Å². The van der Waals surface area contributed by atoms with Gasteiger partial charge in [0.1, 0.15) is 5.75 Å². The number of benzene rings is 1. The molecular formula is C23H38N2O3. The predicted molar refractivity (Wildman–Crippen MR) is 114 cm³/mol. The van der Waals surface area contributed by atoms with Crippen LogP contribution in [-0.2, 0) is 11.2 Å². The summed E-state index contributed by atoms with van der Waals surface area (Å²) in [4.78, 5) is 15.4. The van der Waals surface area contributed by atoms with E-state index in [1.165, 1.54) is 5.56 Å². The third-order valence-electron chi connectivity index (χ3n) is 5.32. The van der Waals surface area contributed by atoms with Crippen LogP contribution in [0, 0.1) is 0 Å². The van der Waals surface area contributed by atoms with Crippen molar-refractivity contribution in [3.05, 3.63) is 29.3 Å². The molecule has 0 aliphatic carbocycles. The fraction of sp³-hybridized carbons (Fsp3) is 0.696. The highest BCUT2D eigenvalue weighted by atomic mass is 16.5. The van der Waals surface area contributed by atoms with E-state index >= 15 is 0 Å². The van der Waals surface area contributed by atoms with Gasteiger partial charge in [-0.05, 0) is 63.8 Å². The van der Waals surface area contributed by atoms with Gasteiger partial charge < -0.3 is 19.7 Å². The van der Waals surface area contributed by atoms with Crippen LogP contribution in [0.15, 0.2) is 18.2 Å². The van der Waals surface area contributed by atoms with Crippen molar-refractivity contribution < 1.29 is 14.3 Å². The summed E-state index contributed by atoms with van der Waals surface area (Å²) in [5, 5.41) is 3.43. The van der Waals surface area contributed by atoms with Crippen LogP contribution in [-0.4, -0.2) is 56.3 Å². The number of aryl methyl sites for hydroxylation is 1. The fourth-order valence-corrected chi connectivity index (χ4v) is 3.82. The van der Waals surface area contributed by atoms with Crippen molar-refractivity contribution in [2.75, 3.05) is 33.4 Å². The van der Waals surface area contributed by atoms with Crippen LogP contribution < -0.4 is 10.1 Å². The standard InChI is InChI=1S/C23H38N2O3/c1-5-6-9-19-11-12-20(16-22(19)28-15-8-14-27-4)23(26)25(18(2)3)21-10-7-13-24-17-21/h11-12,16,18,21,24H,5-10,13-15,17H2,1-4H3. The Kier molecular flexibility index (Phi) is 9.79. The monoisotopic (exact) mass is 390 g/mol. The molecule has 1 aromatic rings. The number of amides is 1. The summed E-state index contributed by atoms with van der Waals surface area (Å²) < 4.78 is 11.2. The zero-order valence-corrected chi connectivity index (χ0v) is 18.1. The molecule has 5 nitrogen and oxygen atoms in total. The topological polar surface area (TPSA) is 50.8 Å². The zero-order chi connectivity index (χ0) is 20.4. The first-order chi connectivity index (χ1) is 13.6.